The number of nitrogens with one attached hydrogen (secondary N) is 1. The molecule has 124 valence electrons. The van der Waals surface area contributed by atoms with E-state index in [9.17, 15) is 9.18 Å². The first kappa shape index (κ1) is 16.1. The molecule has 1 N–H and O–H groups in total. The second kappa shape index (κ2) is 7.18. The molecule has 0 spiro atoms. The number of aromatic nitrogens is 2. The van der Waals surface area contributed by atoms with Gasteiger partial charge in [-0.3, -0.25) is 9.69 Å². The average Bonchev–Trinajstić information content (AvgIpc) is 3.21. The van der Waals surface area contributed by atoms with Gasteiger partial charge in [-0.2, -0.15) is 4.98 Å². The van der Waals surface area contributed by atoms with Crippen molar-refractivity contribution in [3.63, 3.8) is 0 Å². The van der Waals surface area contributed by atoms with Crippen molar-refractivity contribution in [1.82, 2.24) is 20.4 Å². The molecule has 2 aromatic heterocycles. The van der Waals surface area contributed by atoms with E-state index in [0.29, 0.717) is 44.2 Å². The quantitative estimate of drug-likeness (QED) is 0.868. The lowest BCUT2D eigenvalue weighted by molar-refractivity contribution is -0.120. The van der Waals surface area contributed by atoms with Crippen LogP contribution in [0, 0.1) is 6.92 Å². The molecule has 3 heterocycles. The van der Waals surface area contributed by atoms with Crippen molar-refractivity contribution in [1.29, 1.82) is 0 Å². The van der Waals surface area contributed by atoms with Gasteiger partial charge in [-0.15, -0.1) is 11.3 Å². The van der Waals surface area contributed by atoms with Gasteiger partial charge in [0.1, 0.15) is 6.17 Å². The monoisotopic (exact) mass is 338 g/mol. The molecule has 0 aliphatic carbocycles. The van der Waals surface area contributed by atoms with Crippen molar-refractivity contribution in [2.24, 2.45) is 0 Å². The largest absolute Gasteiger partial charge is 0.354 e. The molecule has 8 heteroatoms. The summed E-state index contributed by atoms with van der Waals surface area (Å²) in [6.45, 7) is 2.92. The Hall–Kier alpha value is -1.80. The highest BCUT2D eigenvalue weighted by Crippen LogP contribution is 2.21. The molecule has 0 radical (unpaired) electrons. The number of nitrogens with zero attached hydrogens (tertiary/aromatic N) is 3. The van der Waals surface area contributed by atoms with Crippen LogP contribution in [-0.4, -0.2) is 46.3 Å². The van der Waals surface area contributed by atoms with Crippen molar-refractivity contribution in [3.8, 4) is 0 Å². The second-order valence-corrected chi connectivity index (χ2v) is 6.74. The first-order valence-electron chi connectivity index (χ1n) is 7.56. The number of hydrogen-bond acceptors (Lipinski definition) is 6. The Labute approximate surface area is 137 Å². The van der Waals surface area contributed by atoms with E-state index in [1.165, 1.54) is 0 Å². The lowest BCUT2D eigenvalue weighted by Crippen LogP contribution is -2.40. The fourth-order valence-corrected chi connectivity index (χ4v) is 3.48. The molecule has 0 saturated carbocycles. The molecule has 1 aliphatic heterocycles. The molecule has 6 nitrogen and oxygen atoms in total. The molecule has 1 fully saturated rings. The van der Waals surface area contributed by atoms with Gasteiger partial charge in [0.05, 0.1) is 13.0 Å². The van der Waals surface area contributed by atoms with Crippen LogP contribution in [-0.2, 0) is 17.8 Å². The summed E-state index contributed by atoms with van der Waals surface area (Å²) in [5.74, 6) is 1.01. The standard InChI is InChI=1S/C15H19FN4O2S/c1-10-18-14(19-22-10)9-20-8-11(16)5-12(20)7-17-15(21)6-13-3-2-4-23-13/h2-4,11-12H,5-9H2,1H3,(H,17,21)/t11-,12-/m0/s1. The summed E-state index contributed by atoms with van der Waals surface area (Å²) in [6, 6.07) is 3.81. The maximum absolute atomic E-state index is 13.7. The molecule has 2 aromatic rings. The fraction of sp³-hybridized carbons (Fsp3) is 0.533. The van der Waals surface area contributed by atoms with Crippen LogP contribution < -0.4 is 5.32 Å². The van der Waals surface area contributed by atoms with E-state index >= 15 is 0 Å². The summed E-state index contributed by atoms with van der Waals surface area (Å²) in [7, 11) is 0. The number of thiophene rings is 1. The minimum atomic E-state index is -0.887. The molecule has 0 unspecified atom stereocenters. The number of carbonyl (C=O) groups excluding carboxylic acids is 1. The Kier molecular flexibility index (Phi) is 5.02. The topological polar surface area (TPSA) is 71.3 Å². The Balaban J connectivity index is 1.51. The van der Waals surface area contributed by atoms with Crippen LogP contribution in [0.3, 0.4) is 0 Å². The summed E-state index contributed by atoms with van der Waals surface area (Å²) < 4.78 is 18.7. The van der Waals surface area contributed by atoms with E-state index in [-0.39, 0.29) is 11.9 Å². The second-order valence-electron chi connectivity index (χ2n) is 5.71. The van der Waals surface area contributed by atoms with Crippen LogP contribution >= 0.6 is 11.3 Å². The van der Waals surface area contributed by atoms with Gasteiger partial charge in [-0.1, -0.05) is 11.2 Å². The normalized spacial score (nSPS) is 21.7. The first-order valence-corrected chi connectivity index (χ1v) is 8.44. The van der Waals surface area contributed by atoms with Crippen LogP contribution in [0.4, 0.5) is 4.39 Å². The number of halogens is 1. The summed E-state index contributed by atoms with van der Waals surface area (Å²) in [6.07, 6.45) is -0.106. The first-order chi connectivity index (χ1) is 11.1. The molecule has 1 saturated heterocycles. The Morgan fingerprint density at radius 1 is 1.61 bits per heavy atom. The number of amides is 1. The number of aryl methyl sites for hydroxylation is 1. The van der Waals surface area contributed by atoms with E-state index in [2.05, 4.69) is 15.5 Å². The van der Waals surface area contributed by atoms with E-state index in [0.717, 1.165) is 4.88 Å². The summed E-state index contributed by atoms with van der Waals surface area (Å²) in [4.78, 5) is 19.1. The average molecular weight is 338 g/mol. The Morgan fingerprint density at radius 3 is 3.17 bits per heavy atom. The highest BCUT2D eigenvalue weighted by atomic mass is 32.1. The molecule has 1 amide bonds. The Bertz CT molecular complexity index is 646. The van der Waals surface area contributed by atoms with Gasteiger partial charge < -0.3 is 9.84 Å². The number of hydrogen-bond donors (Lipinski definition) is 1. The Morgan fingerprint density at radius 2 is 2.48 bits per heavy atom. The summed E-state index contributed by atoms with van der Waals surface area (Å²) in [5.41, 5.74) is 0. The van der Waals surface area contributed by atoms with Crippen molar-refractivity contribution >= 4 is 17.2 Å². The van der Waals surface area contributed by atoms with Gasteiger partial charge in [-0.05, 0) is 17.9 Å². The molecule has 3 rings (SSSR count). The van der Waals surface area contributed by atoms with Crippen molar-refractivity contribution in [2.75, 3.05) is 13.1 Å². The third-order valence-electron chi connectivity index (χ3n) is 3.84. The zero-order valence-electron chi connectivity index (χ0n) is 12.9. The van der Waals surface area contributed by atoms with Gasteiger partial charge in [-0.25, -0.2) is 4.39 Å². The van der Waals surface area contributed by atoms with Crippen molar-refractivity contribution in [3.05, 3.63) is 34.1 Å². The highest BCUT2D eigenvalue weighted by Gasteiger charge is 2.33. The molecule has 2 atom stereocenters. The third-order valence-corrected chi connectivity index (χ3v) is 4.72. The smallest absolute Gasteiger partial charge is 0.225 e. The molecular weight excluding hydrogens is 319 g/mol. The maximum Gasteiger partial charge on any atom is 0.225 e. The lowest BCUT2D eigenvalue weighted by atomic mass is 10.2. The van der Waals surface area contributed by atoms with Crippen LogP contribution in [0.25, 0.3) is 0 Å². The lowest BCUT2D eigenvalue weighted by Gasteiger charge is -2.22. The van der Waals surface area contributed by atoms with Crippen molar-refractivity contribution < 1.29 is 13.7 Å². The SMILES string of the molecule is Cc1nc(CN2C[C@@H](F)C[C@H]2CNC(=O)Cc2cccs2)no1. The molecular formula is C15H19FN4O2S. The number of rotatable bonds is 6. The van der Waals surface area contributed by atoms with E-state index in [1.807, 2.05) is 22.4 Å². The van der Waals surface area contributed by atoms with Gasteiger partial charge in [0.15, 0.2) is 5.82 Å². The highest BCUT2D eigenvalue weighted by molar-refractivity contribution is 7.10. The van der Waals surface area contributed by atoms with Crippen LogP contribution in [0.1, 0.15) is 23.0 Å². The predicted octanol–water partition coefficient (Wildman–Crippen LogP) is 1.71. The number of carbonyl (C=O) groups is 1. The third kappa shape index (κ3) is 4.35. The summed E-state index contributed by atoms with van der Waals surface area (Å²) >= 11 is 1.56. The number of alkyl halides is 1. The van der Waals surface area contributed by atoms with Gasteiger partial charge in [0, 0.05) is 30.9 Å². The van der Waals surface area contributed by atoms with Crippen LogP contribution in [0.5, 0.6) is 0 Å². The zero-order valence-corrected chi connectivity index (χ0v) is 13.7. The predicted molar refractivity (Wildman–Crippen MR) is 83.8 cm³/mol. The van der Waals surface area contributed by atoms with E-state index in [1.54, 1.807) is 18.3 Å². The van der Waals surface area contributed by atoms with Gasteiger partial charge >= 0.3 is 0 Å². The van der Waals surface area contributed by atoms with Crippen LogP contribution in [0.2, 0.25) is 0 Å². The molecule has 0 aromatic carbocycles. The number of likely N-dealkylation sites (tertiary alicyclic amines) is 1. The zero-order chi connectivity index (χ0) is 16.2. The minimum Gasteiger partial charge on any atom is -0.354 e. The van der Waals surface area contributed by atoms with Crippen molar-refractivity contribution in [2.45, 2.75) is 38.5 Å². The van der Waals surface area contributed by atoms with E-state index < -0.39 is 6.17 Å². The van der Waals surface area contributed by atoms with E-state index in [4.69, 9.17) is 4.52 Å². The molecule has 1 aliphatic rings. The molecule has 0 bridgehead atoms. The van der Waals surface area contributed by atoms with Crippen LogP contribution in [0.15, 0.2) is 22.0 Å². The summed E-state index contributed by atoms with van der Waals surface area (Å²) in [5, 5.41) is 8.69. The molecule has 23 heavy (non-hydrogen) atoms. The fourth-order valence-electron chi connectivity index (χ4n) is 2.78. The maximum atomic E-state index is 13.7. The van der Waals surface area contributed by atoms with Gasteiger partial charge in [0.25, 0.3) is 0 Å². The minimum absolute atomic E-state index is 0.0369. The van der Waals surface area contributed by atoms with Gasteiger partial charge in [0.2, 0.25) is 11.8 Å².